The van der Waals surface area contributed by atoms with Crippen molar-refractivity contribution in [3.8, 4) is 11.3 Å². The zero-order valence-electron chi connectivity index (χ0n) is 18.6. The van der Waals surface area contributed by atoms with Crippen LogP contribution >= 0.6 is 23.2 Å². The van der Waals surface area contributed by atoms with Gasteiger partial charge in [0, 0.05) is 45.5 Å². The Morgan fingerprint density at radius 2 is 1.81 bits per heavy atom. The summed E-state index contributed by atoms with van der Waals surface area (Å²) in [6.45, 7) is 1.51. The fraction of sp³-hybridized carbons (Fsp3) is 0.115. The molecule has 0 spiro atoms. The molecule has 36 heavy (non-hydrogen) atoms. The quantitative estimate of drug-likeness (QED) is 0.220. The fourth-order valence-electron chi connectivity index (χ4n) is 4.11. The number of fused-ring (bicyclic) bond motifs is 1. The number of hydrogen-bond acceptors (Lipinski definition) is 4. The summed E-state index contributed by atoms with van der Waals surface area (Å²) < 4.78 is 50.4. The van der Waals surface area contributed by atoms with Crippen LogP contribution in [-0.4, -0.2) is 20.3 Å². The van der Waals surface area contributed by atoms with Crippen LogP contribution in [0, 0.1) is 6.92 Å². The predicted octanol–water partition coefficient (Wildman–Crippen LogP) is 7.60. The van der Waals surface area contributed by atoms with Crippen molar-refractivity contribution >= 4 is 39.9 Å². The molecule has 3 heterocycles. The first-order valence-corrected chi connectivity index (χ1v) is 11.4. The Labute approximate surface area is 213 Å². The van der Waals surface area contributed by atoms with E-state index in [-0.39, 0.29) is 28.2 Å². The van der Waals surface area contributed by atoms with E-state index in [1.807, 2.05) is 0 Å². The number of aromatic nitrogens is 3. The van der Waals surface area contributed by atoms with Crippen LogP contribution < -0.4 is 0 Å². The van der Waals surface area contributed by atoms with Gasteiger partial charge in [-0.05, 0) is 48.9 Å². The molecule has 0 unspecified atom stereocenters. The molecule has 0 atom stereocenters. The van der Waals surface area contributed by atoms with Gasteiger partial charge >= 0.3 is 6.18 Å². The molecule has 0 aliphatic carbocycles. The van der Waals surface area contributed by atoms with E-state index >= 15 is 0 Å². The number of oxazole rings is 1. The second-order valence-electron chi connectivity index (χ2n) is 8.16. The smallest absolute Gasteiger partial charge is 0.432 e. The summed E-state index contributed by atoms with van der Waals surface area (Å²) in [5.74, 6) is -1.18. The SMILES string of the molecule is Cc1ccc2c(c1)c(C(=O)c1ncc(-c3ccncc3)o1)c(C(F)(F)F)n2Cc1ccc(Cl)cc1Cl. The molecule has 5 nitrogen and oxygen atoms in total. The molecule has 5 aromatic rings. The van der Waals surface area contributed by atoms with Gasteiger partial charge in [0.1, 0.15) is 5.69 Å². The van der Waals surface area contributed by atoms with E-state index in [2.05, 4.69) is 9.97 Å². The minimum Gasteiger partial charge on any atom is -0.433 e. The number of aryl methyl sites for hydroxylation is 1. The van der Waals surface area contributed by atoms with Gasteiger partial charge in [0.2, 0.25) is 0 Å². The van der Waals surface area contributed by atoms with Crippen LogP contribution in [0.4, 0.5) is 13.2 Å². The minimum absolute atomic E-state index is 0.140. The average Bonchev–Trinajstić information content (AvgIpc) is 3.44. The number of hydrogen-bond donors (Lipinski definition) is 0. The molecule has 182 valence electrons. The Morgan fingerprint density at radius 1 is 1.06 bits per heavy atom. The van der Waals surface area contributed by atoms with E-state index in [1.165, 1.54) is 24.7 Å². The lowest BCUT2D eigenvalue weighted by Crippen LogP contribution is -2.19. The lowest BCUT2D eigenvalue weighted by molar-refractivity contribution is -0.143. The maximum absolute atomic E-state index is 14.6. The largest absolute Gasteiger partial charge is 0.433 e. The van der Waals surface area contributed by atoms with Gasteiger partial charge in [-0.3, -0.25) is 9.78 Å². The van der Waals surface area contributed by atoms with Gasteiger partial charge in [0.15, 0.2) is 5.76 Å². The highest BCUT2D eigenvalue weighted by atomic mass is 35.5. The third kappa shape index (κ3) is 4.38. The molecule has 0 fully saturated rings. The molecule has 0 aliphatic heterocycles. The molecule has 0 aliphatic rings. The van der Waals surface area contributed by atoms with Gasteiger partial charge < -0.3 is 8.98 Å². The minimum atomic E-state index is -4.86. The highest BCUT2D eigenvalue weighted by Gasteiger charge is 2.42. The van der Waals surface area contributed by atoms with E-state index in [1.54, 1.807) is 49.4 Å². The summed E-state index contributed by atoms with van der Waals surface area (Å²) in [6.07, 6.45) is -0.510. The zero-order valence-corrected chi connectivity index (χ0v) is 20.1. The molecular formula is C26H16Cl2F3N3O2. The van der Waals surface area contributed by atoms with Crippen molar-refractivity contribution in [1.82, 2.24) is 14.5 Å². The molecule has 0 bridgehead atoms. The van der Waals surface area contributed by atoms with Crippen molar-refractivity contribution in [2.24, 2.45) is 0 Å². The number of carbonyl (C=O) groups is 1. The number of rotatable bonds is 5. The van der Waals surface area contributed by atoms with Gasteiger partial charge in [-0.2, -0.15) is 13.2 Å². The Bertz CT molecular complexity index is 1610. The summed E-state index contributed by atoms with van der Waals surface area (Å²) >= 11 is 12.2. The molecule has 0 saturated heterocycles. The van der Waals surface area contributed by atoms with Gasteiger partial charge in [-0.1, -0.05) is 40.9 Å². The highest BCUT2D eigenvalue weighted by Crippen LogP contribution is 2.40. The first-order valence-electron chi connectivity index (χ1n) is 10.7. The van der Waals surface area contributed by atoms with Gasteiger partial charge in [0.25, 0.3) is 11.7 Å². The third-order valence-electron chi connectivity index (χ3n) is 5.72. The van der Waals surface area contributed by atoms with E-state index in [0.717, 1.165) is 4.57 Å². The number of pyridine rings is 1. The highest BCUT2D eigenvalue weighted by molar-refractivity contribution is 6.35. The van der Waals surface area contributed by atoms with Crippen LogP contribution in [0.5, 0.6) is 0 Å². The Morgan fingerprint density at radius 3 is 2.50 bits per heavy atom. The number of carbonyl (C=O) groups excluding carboxylic acids is 1. The second-order valence-corrected chi connectivity index (χ2v) is 9.00. The van der Waals surface area contributed by atoms with Gasteiger partial charge in [-0.25, -0.2) is 4.98 Å². The summed E-state index contributed by atoms with van der Waals surface area (Å²) in [5, 5.41) is 0.714. The number of halogens is 5. The van der Waals surface area contributed by atoms with Crippen molar-refractivity contribution in [2.75, 3.05) is 0 Å². The fourth-order valence-corrected chi connectivity index (χ4v) is 4.58. The van der Waals surface area contributed by atoms with Gasteiger partial charge in [-0.15, -0.1) is 0 Å². The Kier molecular flexibility index (Phi) is 6.10. The van der Waals surface area contributed by atoms with Crippen molar-refractivity contribution in [2.45, 2.75) is 19.6 Å². The monoisotopic (exact) mass is 529 g/mol. The summed E-state index contributed by atoms with van der Waals surface area (Å²) in [4.78, 5) is 21.4. The zero-order chi connectivity index (χ0) is 25.6. The van der Waals surface area contributed by atoms with Crippen molar-refractivity contribution < 1.29 is 22.4 Å². The number of ketones is 1. The van der Waals surface area contributed by atoms with Crippen LogP contribution in [0.25, 0.3) is 22.2 Å². The molecule has 3 aromatic heterocycles. The van der Waals surface area contributed by atoms with Crippen LogP contribution in [0.3, 0.4) is 0 Å². The summed E-state index contributed by atoms with van der Waals surface area (Å²) in [7, 11) is 0. The maximum Gasteiger partial charge on any atom is 0.432 e. The topological polar surface area (TPSA) is 60.9 Å². The number of nitrogens with zero attached hydrogens (tertiary/aromatic N) is 3. The van der Waals surface area contributed by atoms with Crippen LogP contribution in [0.2, 0.25) is 10.0 Å². The first kappa shape index (κ1) is 24.1. The summed E-state index contributed by atoms with van der Waals surface area (Å²) in [6, 6.07) is 12.6. The third-order valence-corrected chi connectivity index (χ3v) is 6.31. The first-order chi connectivity index (χ1) is 17.1. The van der Waals surface area contributed by atoms with Crippen molar-refractivity contribution in [3.05, 3.63) is 105 Å². The van der Waals surface area contributed by atoms with Crippen molar-refractivity contribution in [3.63, 3.8) is 0 Å². The van der Waals surface area contributed by atoms with Crippen LogP contribution in [0.15, 0.2) is 71.5 Å². The number of benzene rings is 2. The van der Waals surface area contributed by atoms with Crippen LogP contribution in [0.1, 0.15) is 33.1 Å². The molecule has 5 rings (SSSR count). The Hall–Kier alpha value is -3.62. The molecule has 0 saturated carbocycles. The number of alkyl halides is 3. The molecule has 0 radical (unpaired) electrons. The van der Waals surface area contributed by atoms with Gasteiger partial charge in [0.05, 0.1) is 11.8 Å². The normalized spacial score (nSPS) is 11.8. The van der Waals surface area contributed by atoms with E-state index in [4.69, 9.17) is 27.6 Å². The molecule has 0 N–H and O–H groups in total. The van der Waals surface area contributed by atoms with E-state index < -0.39 is 29.1 Å². The standard InChI is InChI=1S/C26H16Cl2F3N3O2/c1-14-2-5-20-18(10-14)22(23(35)25-33-12-21(36-25)15-6-8-32-9-7-15)24(26(29,30)31)34(20)13-16-3-4-17(27)11-19(16)28/h2-12H,13H2,1H3. The van der Waals surface area contributed by atoms with E-state index in [9.17, 15) is 18.0 Å². The molecule has 2 aromatic carbocycles. The van der Waals surface area contributed by atoms with Crippen molar-refractivity contribution in [1.29, 1.82) is 0 Å². The molecule has 10 heteroatoms. The molecule has 0 amide bonds. The van der Waals surface area contributed by atoms with Crippen LogP contribution in [-0.2, 0) is 12.7 Å². The second kappa shape index (κ2) is 9.11. The lowest BCUT2D eigenvalue weighted by atomic mass is 10.0. The maximum atomic E-state index is 14.6. The molecular weight excluding hydrogens is 514 g/mol. The van der Waals surface area contributed by atoms with E-state index in [0.29, 0.717) is 21.7 Å². The Balaban J connectivity index is 1.71. The lowest BCUT2D eigenvalue weighted by Gasteiger charge is -2.15. The summed E-state index contributed by atoms with van der Waals surface area (Å²) in [5.41, 5.74) is 0.277. The predicted molar refractivity (Wildman–Crippen MR) is 130 cm³/mol. The average molecular weight is 530 g/mol.